The largest absolute Gasteiger partial charge is 0.360 e. The summed E-state index contributed by atoms with van der Waals surface area (Å²) in [5.74, 6) is 0.995. The Labute approximate surface area is 73.2 Å². The lowest BCUT2D eigenvalue weighted by molar-refractivity contribution is 0.930. The SMILES string of the molecule is CCN(C)c1ccc(CN)cn1. The van der Waals surface area contributed by atoms with Gasteiger partial charge in [0, 0.05) is 26.3 Å². The van der Waals surface area contributed by atoms with Crippen molar-refractivity contribution in [1.29, 1.82) is 0 Å². The van der Waals surface area contributed by atoms with E-state index in [1.165, 1.54) is 0 Å². The fraction of sp³-hybridized carbons (Fsp3) is 0.444. The molecule has 0 fully saturated rings. The number of hydrogen-bond donors (Lipinski definition) is 1. The summed E-state index contributed by atoms with van der Waals surface area (Å²) >= 11 is 0. The number of nitrogens with two attached hydrogens (primary N) is 1. The first-order valence-corrected chi connectivity index (χ1v) is 4.14. The van der Waals surface area contributed by atoms with Crippen molar-refractivity contribution in [2.75, 3.05) is 18.5 Å². The van der Waals surface area contributed by atoms with Crippen LogP contribution in [0.15, 0.2) is 18.3 Å². The zero-order chi connectivity index (χ0) is 8.97. The van der Waals surface area contributed by atoms with E-state index in [0.29, 0.717) is 6.54 Å². The molecule has 0 saturated carbocycles. The Morgan fingerprint density at radius 2 is 2.25 bits per heavy atom. The van der Waals surface area contributed by atoms with Gasteiger partial charge < -0.3 is 10.6 Å². The molecule has 12 heavy (non-hydrogen) atoms. The molecule has 0 atom stereocenters. The number of hydrogen-bond acceptors (Lipinski definition) is 3. The lowest BCUT2D eigenvalue weighted by atomic mass is 10.3. The third-order valence-electron chi connectivity index (χ3n) is 1.91. The van der Waals surface area contributed by atoms with Crippen LogP contribution >= 0.6 is 0 Å². The molecule has 0 radical (unpaired) electrons. The molecule has 1 rings (SSSR count). The van der Waals surface area contributed by atoms with Crippen molar-refractivity contribution in [3.63, 3.8) is 0 Å². The highest BCUT2D eigenvalue weighted by atomic mass is 15.1. The third kappa shape index (κ3) is 1.95. The van der Waals surface area contributed by atoms with Crippen LogP contribution in [-0.2, 0) is 6.54 Å². The second-order valence-corrected chi connectivity index (χ2v) is 2.74. The van der Waals surface area contributed by atoms with E-state index in [1.54, 1.807) is 0 Å². The standard InChI is InChI=1S/C9H15N3/c1-3-12(2)9-5-4-8(6-10)7-11-9/h4-5,7H,3,6,10H2,1-2H3. The maximum Gasteiger partial charge on any atom is 0.128 e. The normalized spacial score (nSPS) is 9.92. The first-order chi connectivity index (χ1) is 5.77. The van der Waals surface area contributed by atoms with Gasteiger partial charge in [0.05, 0.1) is 0 Å². The molecule has 2 N–H and O–H groups in total. The van der Waals surface area contributed by atoms with E-state index in [-0.39, 0.29) is 0 Å². The van der Waals surface area contributed by atoms with E-state index < -0.39 is 0 Å². The van der Waals surface area contributed by atoms with E-state index in [2.05, 4.69) is 16.8 Å². The summed E-state index contributed by atoms with van der Waals surface area (Å²) in [4.78, 5) is 6.35. The molecule has 0 bridgehead atoms. The number of pyridine rings is 1. The average Bonchev–Trinajstić information content (AvgIpc) is 2.17. The van der Waals surface area contributed by atoms with Gasteiger partial charge >= 0.3 is 0 Å². The molecule has 0 aromatic carbocycles. The van der Waals surface area contributed by atoms with Gasteiger partial charge in [0.2, 0.25) is 0 Å². The van der Waals surface area contributed by atoms with Crippen LogP contribution < -0.4 is 10.6 Å². The Hall–Kier alpha value is -1.09. The third-order valence-corrected chi connectivity index (χ3v) is 1.91. The molecule has 0 amide bonds. The maximum absolute atomic E-state index is 5.45. The molecule has 0 saturated heterocycles. The van der Waals surface area contributed by atoms with Gasteiger partial charge in [-0.25, -0.2) is 4.98 Å². The van der Waals surface area contributed by atoms with E-state index in [4.69, 9.17) is 5.73 Å². The second kappa shape index (κ2) is 4.07. The van der Waals surface area contributed by atoms with Crippen LogP contribution in [0.1, 0.15) is 12.5 Å². The van der Waals surface area contributed by atoms with Gasteiger partial charge in [0.15, 0.2) is 0 Å². The monoisotopic (exact) mass is 165 g/mol. The molecule has 1 heterocycles. The Morgan fingerprint density at radius 1 is 1.50 bits per heavy atom. The van der Waals surface area contributed by atoms with Gasteiger partial charge in [0.25, 0.3) is 0 Å². The Morgan fingerprint density at radius 3 is 2.67 bits per heavy atom. The zero-order valence-corrected chi connectivity index (χ0v) is 7.62. The molecule has 0 spiro atoms. The Bertz CT molecular complexity index is 230. The fourth-order valence-electron chi connectivity index (χ4n) is 0.925. The van der Waals surface area contributed by atoms with Gasteiger partial charge in [0.1, 0.15) is 5.82 Å². The zero-order valence-electron chi connectivity index (χ0n) is 7.62. The number of aromatic nitrogens is 1. The van der Waals surface area contributed by atoms with Gasteiger partial charge in [-0.2, -0.15) is 0 Å². The van der Waals surface area contributed by atoms with Crippen LogP contribution in [0.3, 0.4) is 0 Å². The summed E-state index contributed by atoms with van der Waals surface area (Å²) in [6, 6.07) is 4.00. The van der Waals surface area contributed by atoms with E-state index in [1.807, 2.05) is 25.4 Å². The van der Waals surface area contributed by atoms with Crippen molar-refractivity contribution in [3.05, 3.63) is 23.9 Å². The molecule has 0 aliphatic carbocycles. The summed E-state index contributed by atoms with van der Waals surface area (Å²) in [5.41, 5.74) is 6.53. The molecular formula is C9H15N3. The van der Waals surface area contributed by atoms with E-state index >= 15 is 0 Å². The van der Waals surface area contributed by atoms with Crippen molar-refractivity contribution < 1.29 is 0 Å². The number of nitrogens with zero attached hydrogens (tertiary/aromatic N) is 2. The predicted molar refractivity (Wildman–Crippen MR) is 51.1 cm³/mol. The van der Waals surface area contributed by atoms with Gasteiger partial charge in [-0.1, -0.05) is 6.07 Å². The smallest absolute Gasteiger partial charge is 0.128 e. The predicted octanol–water partition coefficient (Wildman–Crippen LogP) is 0.996. The summed E-state index contributed by atoms with van der Waals surface area (Å²) in [7, 11) is 2.02. The first kappa shape index (κ1) is 9.00. The molecule has 3 heteroatoms. The van der Waals surface area contributed by atoms with E-state index in [0.717, 1.165) is 17.9 Å². The minimum atomic E-state index is 0.559. The lowest BCUT2D eigenvalue weighted by Gasteiger charge is -2.14. The van der Waals surface area contributed by atoms with Crippen molar-refractivity contribution in [3.8, 4) is 0 Å². The van der Waals surface area contributed by atoms with Crippen molar-refractivity contribution in [2.24, 2.45) is 5.73 Å². The minimum absolute atomic E-state index is 0.559. The van der Waals surface area contributed by atoms with Crippen LogP contribution in [0.4, 0.5) is 5.82 Å². The fourth-order valence-corrected chi connectivity index (χ4v) is 0.925. The molecule has 0 unspecified atom stereocenters. The van der Waals surface area contributed by atoms with Crippen LogP contribution in [0.25, 0.3) is 0 Å². The molecule has 0 aliphatic heterocycles. The Kier molecular flexibility index (Phi) is 3.05. The molecule has 0 aliphatic rings. The molecular weight excluding hydrogens is 150 g/mol. The van der Waals surface area contributed by atoms with E-state index in [9.17, 15) is 0 Å². The van der Waals surface area contributed by atoms with Crippen LogP contribution in [0.2, 0.25) is 0 Å². The van der Waals surface area contributed by atoms with Gasteiger partial charge in [-0.3, -0.25) is 0 Å². The molecule has 1 aromatic rings. The summed E-state index contributed by atoms with van der Waals surface area (Å²) < 4.78 is 0. The van der Waals surface area contributed by atoms with Crippen molar-refractivity contribution in [1.82, 2.24) is 4.98 Å². The minimum Gasteiger partial charge on any atom is -0.360 e. The lowest BCUT2D eigenvalue weighted by Crippen LogP contribution is -2.17. The first-order valence-electron chi connectivity index (χ1n) is 4.14. The number of anilines is 1. The van der Waals surface area contributed by atoms with Gasteiger partial charge in [-0.15, -0.1) is 0 Å². The summed E-state index contributed by atoms with van der Waals surface area (Å²) in [5, 5.41) is 0. The van der Waals surface area contributed by atoms with Crippen molar-refractivity contribution in [2.45, 2.75) is 13.5 Å². The van der Waals surface area contributed by atoms with Crippen LogP contribution in [0, 0.1) is 0 Å². The molecule has 66 valence electrons. The van der Waals surface area contributed by atoms with Gasteiger partial charge in [-0.05, 0) is 18.6 Å². The average molecular weight is 165 g/mol. The summed E-state index contributed by atoms with van der Waals surface area (Å²) in [6.45, 7) is 3.62. The van der Waals surface area contributed by atoms with Crippen molar-refractivity contribution >= 4 is 5.82 Å². The quantitative estimate of drug-likeness (QED) is 0.726. The highest BCUT2D eigenvalue weighted by Crippen LogP contribution is 2.08. The maximum atomic E-state index is 5.45. The highest BCUT2D eigenvalue weighted by Gasteiger charge is 1.97. The second-order valence-electron chi connectivity index (χ2n) is 2.74. The highest BCUT2D eigenvalue weighted by molar-refractivity contribution is 5.37. The Balaban J connectivity index is 2.77. The summed E-state index contributed by atoms with van der Waals surface area (Å²) in [6.07, 6.45) is 1.82. The molecule has 3 nitrogen and oxygen atoms in total. The number of rotatable bonds is 3. The molecule has 1 aromatic heterocycles. The topological polar surface area (TPSA) is 42.1 Å². The van der Waals surface area contributed by atoms with Crippen LogP contribution in [-0.4, -0.2) is 18.6 Å². The van der Waals surface area contributed by atoms with Crippen LogP contribution in [0.5, 0.6) is 0 Å².